The minimum absolute atomic E-state index is 0.131. The van der Waals surface area contributed by atoms with Crippen molar-refractivity contribution in [2.24, 2.45) is 0 Å². The Hall–Kier alpha value is -2.06. The van der Waals surface area contributed by atoms with Crippen LogP contribution in [0.25, 0.3) is 0 Å². The Kier molecular flexibility index (Phi) is 5.51. The molecule has 128 valence electrons. The topological polar surface area (TPSA) is 81.7 Å². The molecule has 6 nitrogen and oxygen atoms in total. The molecule has 0 radical (unpaired) electrons. The van der Waals surface area contributed by atoms with Crippen molar-refractivity contribution in [2.45, 2.75) is 4.90 Å². The molecule has 0 aliphatic heterocycles. The Morgan fingerprint density at radius 1 is 1.08 bits per heavy atom. The number of nitrogens with one attached hydrogen (secondary N) is 1. The molecule has 2 rings (SSSR count). The fourth-order valence-electron chi connectivity index (χ4n) is 2.01. The van der Waals surface area contributed by atoms with Crippen molar-refractivity contribution in [3.8, 4) is 11.5 Å². The number of carbonyl (C=O) groups is 1. The van der Waals surface area contributed by atoms with Gasteiger partial charge in [-0.1, -0.05) is 6.07 Å². The van der Waals surface area contributed by atoms with E-state index in [4.69, 9.17) is 9.47 Å². The van der Waals surface area contributed by atoms with Crippen LogP contribution in [-0.2, 0) is 9.84 Å². The van der Waals surface area contributed by atoms with Gasteiger partial charge >= 0.3 is 0 Å². The van der Waals surface area contributed by atoms with Crippen LogP contribution in [0.1, 0.15) is 10.4 Å². The lowest BCUT2D eigenvalue weighted by Crippen LogP contribution is -2.13. The molecule has 1 N–H and O–H groups in total. The molecule has 1 amide bonds. The lowest BCUT2D eigenvalue weighted by atomic mass is 10.1. The summed E-state index contributed by atoms with van der Waals surface area (Å²) in [5.74, 6) is 0.485. The number of ether oxygens (including phenoxy) is 2. The molecule has 2 aromatic rings. The number of hydrogen-bond acceptors (Lipinski definition) is 5. The molecule has 0 saturated heterocycles. The molecule has 24 heavy (non-hydrogen) atoms. The van der Waals surface area contributed by atoms with Crippen LogP contribution in [-0.4, -0.2) is 34.8 Å². The molecule has 0 spiro atoms. The van der Waals surface area contributed by atoms with E-state index >= 15 is 0 Å². The molecular formula is C16H16BrNO5S. The van der Waals surface area contributed by atoms with Gasteiger partial charge in [-0.25, -0.2) is 8.42 Å². The van der Waals surface area contributed by atoms with Gasteiger partial charge in [0.25, 0.3) is 5.91 Å². The Labute approximate surface area is 148 Å². The van der Waals surface area contributed by atoms with E-state index in [0.717, 1.165) is 6.26 Å². The fraction of sp³-hybridized carbons (Fsp3) is 0.188. The molecule has 0 atom stereocenters. The van der Waals surface area contributed by atoms with Gasteiger partial charge in [0.1, 0.15) is 16.0 Å². The lowest BCUT2D eigenvalue weighted by Gasteiger charge is -2.12. The summed E-state index contributed by atoms with van der Waals surface area (Å²) in [6, 6.07) is 9.16. The monoisotopic (exact) mass is 413 g/mol. The maximum atomic E-state index is 12.4. The molecule has 0 bridgehead atoms. The number of halogens is 1. The molecule has 2 aromatic carbocycles. The first-order valence-electron chi connectivity index (χ1n) is 6.79. The number of hydrogen-bond donors (Lipinski definition) is 1. The standard InChI is InChI=1S/C16H16BrNO5S/c1-22-13-7-10(8-14(23-2)15(13)17)16(19)18-11-5-4-6-12(9-11)24(3,20)21/h4-9H,1-3H3,(H,18,19). The van der Waals surface area contributed by atoms with E-state index < -0.39 is 15.7 Å². The highest BCUT2D eigenvalue weighted by Crippen LogP contribution is 2.35. The Bertz CT molecular complexity index is 855. The quantitative estimate of drug-likeness (QED) is 0.813. The second-order valence-corrected chi connectivity index (χ2v) is 7.76. The van der Waals surface area contributed by atoms with Crippen molar-refractivity contribution in [3.05, 3.63) is 46.4 Å². The fourth-order valence-corrected chi connectivity index (χ4v) is 3.23. The van der Waals surface area contributed by atoms with Crippen LogP contribution in [0.5, 0.6) is 11.5 Å². The van der Waals surface area contributed by atoms with Crippen molar-refractivity contribution < 1.29 is 22.7 Å². The molecule has 8 heteroatoms. The number of methoxy groups -OCH3 is 2. The Balaban J connectivity index is 2.34. The summed E-state index contributed by atoms with van der Waals surface area (Å²) in [5.41, 5.74) is 0.695. The zero-order chi connectivity index (χ0) is 17.9. The van der Waals surface area contributed by atoms with Crippen molar-refractivity contribution in [2.75, 3.05) is 25.8 Å². The van der Waals surface area contributed by atoms with Gasteiger partial charge < -0.3 is 14.8 Å². The highest BCUT2D eigenvalue weighted by atomic mass is 79.9. The third kappa shape index (κ3) is 4.07. The normalized spacial score (nSPS) is 11.0. The number of amides is 1. The third-order valence-electron chi connectivity index (χ3n) is 3.23. The third-order valence-corrected chi connectivity index (χ3v) is 5.12. The van der Waals surface area contributed by atoms with Crippen LogP contribution >= 0.6 is 15.9 Å². The van der Waals surface area contributed by atoms with Crippen LogP contribution in [0.4, 0.5) is 5.69 Å². The van der Waals surface area contributed by atoms with E-state index in [0.29, 0.717) is 27.2 Å². The molecule has 0 aliphatic carbocycles. The average Bonchev–Trinajstić information content (AvgIpc) is 2.54. The summed E-state index contributed by atoms with van der Waals surface area (Å²) in [6.45, 7) is 0. The minimum Gasteiger partial charge on any atom is -0.495 e. The highest BCUT2D eigenvalue weighted by molar-refractivity contribution is 9.10. The van der Waals surface area contributed by atoms with Crippen molar-refractivity contribution >= 4 is 37.4 Å². The number of rotatable bonds is 5. The van der Waals surface area contributed by atoms with E-state index in [2.05, 4.69) is 21.2 Å². The smallest absolute Gasteiger partial charge is 0.255 e. The Morgan fingerprint density at radius 2 is 1.67 bits per heavy atom. The van der Waals surface area contributed by atoms with Crippen molar-refractivity contribution in [1.82, 2.24) is 0 Å². The zero-order valence-electron chi connectivity index (χ0n) is 13.3. The predicted molar refractivity (Wildman–Crippen MR) is 94.8 cm³/mol. The summed E-state index contributed by atoms with van der Waals surface area (Å²) >= 11 is 3.33. The van der Waals surface area contributed by atoms with Crippen molar-refractivity contribution in [3.63, 3.8) is 0 Å². The molecule has 0 fully saturated rings. The van der Waals surface area contributed by atoms with Gasteiger partial charge in [-0.2, -0.15) is 0 Å². The van der Waals surface area contributed by atoms with E-state index in [1.807, 2.05) is 0 Å². The summed E-state index contributed by atoms with van der Waals surface area (Å²) in [4.78, 5) is 12.6. The lowest BCUT2D eigenvalue weighted by molar-refractivity contribution is 0.102. The second-order valence-electron chi connectivity index (χ2n) is 4.95. The second kappa shape index (κ2) is 7.23. The molecule has 0 aromatic heterocycles. The summed E-state index contributed by atoms with van der Waals surface area (Å²) in [6.07, 6.45) is 1.11. The average molecular weight is 414 g/mol. The van der Waals surface area contributed by atoms with Gasteiger partial charge in [-0.05, 0) is 46.3 Å². The van der Waals surface area contributed by atoms with Crippen LogP contribution < -0.4 is 14.8 Å². The van der Waals surface area contributed by atoms with E-state index in [1.165, 1.54) is 26.4 Å². The summed E-state index contributed by atoms with van der Waals surface area (Å²) in [5, 5.41) is 2.66. The first-order chi connectivity index (χ1) is 11.3. The highest BCUT2D eigenvalue weighted by Gasteiger charge is 2.15. The van der Waals surface area contributed by atoms with E-state index in [9.17, 15) is 13.2 Å². The maximum absolute atomic E-state index is 12.4. The molecule has 0 heterocycles. The van der Waals surface area contributed by atoms with Crippen LogP contribution in [0.2, 0.25) is 0 Å². The van der Waals surface area contributed by atoms with Gasteiger partial charge in [0.05, 0.1) is 19.1 Å². The first-order valence-corrected chi connectivity index (χ1v) is 9.47. The molecule has 0 unspecified atom stereocenters. The number of benzene rings is 2. The van der Waals surface area contributed by atoms with Crippen LogP contribution in [0.15, 0.2) is 45.8 Å². The number of anilines is 1. The van der Waals surface area contributed by atoms with Crippen molar-refractivity contribution in [1.29, 1.82) is 0 Å². The maximum Gasteiger partial charge on any atom is 0.255 e. The first kappa shape index (κ1) is 18.3. The van der Waals surface area contributed by atoms with Gasteiger partial charge in [0.15, 0.2) is 9.84 Å². The molecule has 0 saturated carbocycles. The van der Waals surface area contributed by atoms with Crippen LogP contribution in [0, 0.1) is 0 Å². The van der Waals surface area contributed by atoms with Gasteiger partial charge in [-0.3, -0.25) is 4.79 Å². The SMILES string of the molecule is COc1cc(C(=O)Nc2cccc(S(C)(=O)=O)c2)cc(OC)c1Br. The molecule has 0 aliphatic rings. The number of sulfone groups is 1. The predicted octanol–water partition coefficient (Wildman–Crippen LogP) is 3.12. The minimum atomic E-state index is -3.35. The van der Waals surface area contributed by atoms with Gasteiger partial charge in [-0.15, -0.1) is 0 Å². The van der Waals surface area contributed by atoms with Crippen LogP contribution in [0.3, 0.4) is 0 Å². The van der Waals surface area contributed by atoms with Gasteiger partial charge in [0.2, 0.25) is 0 Å². The summed E-state index contributed by atoms with van der Waals surface area (Å²) < 4.78 is 34.2. The largest absolute Gasteiger partial charge is 0.495 e. The van der Waals surface area contributed by atoms with E-state index in [1.54, 1.807) is 24.3 Å². The van der Waals surface area contributed by atoms with E-state index in [-0.39, 0.29) is 4.90 Å². The zero-order valence-corrected chi connectivity index (χ0v) is 15.7. The summed E-state index contributed by atoms with van der Waals surface area (Å²) in [7, 11) is -0.384. The number of carbonyl (C=O) groups excluding carboxylic acids is 1. The Morgan fingerprint density at radius 3 is 2.17 bits per heavy atom. The van der Waals surface area contributed by atoms with Gasteiger partial charge in [0, 0.05) is 17.5 Å². The molecular weight excluding hydrogens is 398 g/mol.